The summed E-state index contributed by atoms with van der Waals surface area (Å²) in [5.74, 6) is 2.94. The molecular formula is C33H46N4O6. The van der Waals surface area contributed by atoms with Gasteiger partial charge in [-0.3, -0.25) is 9.59 Å². The fourth-order valence-electron chi connectivity index (χ4n) is 6.40. The van der Waals surface area contributed by atoms with E-state index in [9.17, 15) is 9.59 Å². The summed E-state index contributed by atoms with van der Waals surface area (Å²) in [6.45, 7) is 6.63. The zero-order valence-electron chi connectivity index (χ0n) is 25.6. The van der Waals surface area contributed by atoms with Crippen molar-refractivity contribution in [3.05, 3.63) is 47.5 Å². The molecule has 3 aliphatic heterocycles. The lowest BCUT2D eigenvalue weighted by atomic mass is 9.80. The zero-order valence-corrected chi connectivity index (χ0v) is 25.6. The SMILES string of the molecule is COc1ccc(CCNC(=O)C[C@@H]2CCN3C[C@@H]2CCCOc2ccc(N4CCOCC4)cc2CNCC3=O)cc1OC. The van der Waals surface area contributed by atoms with Crippen LogP contribution in [0, 0.1) is 11.8 Å². The Morgan fingerprint density at radius 2 is 1.81 bits per heavy atom. The third-order valence-electron chi connectivity index (χ3n) is 8.86. The van der Waals surface area contributed by atoms with Crippen LogP contribution in [0.5, 0.6) is 17.2 Å². The van der Waals surface area contributed by atoms with E-state index in [4.69, 9.17) is 18.9 Å². The van der Waals surface area contributed by atoms with Crippen LogP contribution in [0.25, 0.3) is 0 Å². The topological polar surface area (TPSA) is 102 Å². The molecule has 2 atom stereocenters. The van der Waals surface area contributed by atoms with E-state index in [-0.39, 0.29) is 30.2 Å². The number of amides is 2. The summed E-state index contributed by atoms with van der Waals surface area (Å²) in [5, 5.41) is 6.47. The molecule has 0 radical (unpaired) electrons. The van der Waals surface area contributed by atoms with E-state index >= 15 is 0 Å². The Balaban J connectivity index is 1.16. The van der Waals surface area contributed by atoms with E-state index in [0.29, 0.717) is 57.1 Å². The number of ether oxygens (including phenoxy) is 4. The maximum atomic E-state index is 13.2. The fourth-order valence-corrected chi connectivity index (χ4v) is 6.40. The Hall–Kier alpha value is -3.50. The van der Waals surface area contributed by atoms with Gasteiger partial charge in [0.2, 0.25) is 11.8 Å². The highest BCUT2D eigenvalue weighted by molar-refractivity contribution is 5.79. The third-order valence-corrected chi connectivity index (χ3v) is 8.86. The summed E-state index contributed by atoms with van der Waals surface area (Å²) in [4.78, 5) is 30.4. The molecule has 0 saturated carbocycles. The number of piperidine rings is 1. The molecule has 2 fully saturated rings. The second kappa shape index (κ2) is 15.3. The molecule has 0 aromatic heterocycles. The van der Waals surface area contributed by atoms with Crippen molar-refractivity contribution >= 4 is 17.5 Å². The summed E-state index contributed by atoms with van der Waals surface area (Å²) in [5.41, 5.74) is 3.30. The maximum absolute atomic E-state index is 13.2. The number of morpholine rings is 1. The van der Waals surface area contributed by atoms with E-state index in [1.54, 1.807) is 14.2 Å². The quantitative estimate of drug-likeness (QED) is 0.481. The summed E-state index contributed by atoms with van der Waals surface area (Å²) in [6.07, 6.45) is 3.82. The zero-order chi connectivity index (χ0) is 30.0. The van der Waals surface area contributed by atoms with E-state index in [1.807, 2.05) is 23.1 Å². The van der Waals surface area contributed by atoms with E-state index in [0.717, 1.165) is 68.1 Å². The Morgan fingerprint density at radius 3 is 2.63 bits per heavy atom. The Labute approximate surface area is 255 Å². The number of benzene rings is 2. The minimum absolute atomic E-state index is 0.0658. The summed E-state index contributed by atoms with van der Waals surface area (Å²) in [7, 11) is 3.24. The molecule has 10 nitrogen and oxygen atoms in total. The lowest BCUT2D eigenvalue weighted by Gasteiger charge is -2.38. The molecule has 0 unspecified atom stereocenters. The first-order valence-electron chi connectivity index (χ1n) is 15.6. The highest BCUT2D eigenvalue weighted by Gasteiger charge is 2.32. The van der Waals surface area contributed by atoms with Gasteiger partial charge in [0, 0.05) is 56.9 Å². The number of rotatable bonds is 8. The van der Waals surface area contributed by atoms with Crippen molar-refractivity contribution in [3.63, 3.8) is 0 Å². The number of carbonyl (C=O) groups excluding carboxylic acids is 2. The summed E-state index contributed by atoms with van der Waals surface area (Å²) >= 11 is 0. The molecule has 2 bridgehead atoms. The first-order chi connectivity index (χ1) is 21.0. The lowest BCUT2D eigenvalue weighted by molar-refractivity contribution is -0.133. The number of nitrogens with zero attached hydrogens (tertiary/aromatic N) is 2. The van der Waals surface area contributed by atoms with Crippen LogP contribution in [0.4, 0.5) is 5.69 Å². The predicted octanol–water partition coefficient (Wildman–Crippen LogP) is 3.02. The number of anilines is 1. The molecule has 2 amide bonds. The highest BCUT2D eigenvalue weighted by atomic mass is 16.5. The second-order valence-corrected chi connectivity index (χ2v) is 11.6. The molecule has 3 heterocycles. The number of hydrogen-bond acceptors (Lipinski definition) is 8. The van der Waals surface area contributed by atoms with Crippen molar-refractivity contribution in [2.24, 2.45) is 11.8 Å². The van der Waals surface area contributed by atoms with Gasteiger partial charge in [-0.25, -0.2) is 0 Å². The van der Waals surface area contributed by atoms with Crippen LogP contribution in [0.3, 0.4) is 0 Å². The summed E-state index contributed by atoms with van der Waals surface area (Å²) in [6, 6.07) is 12.2. The number of fused-ring (bicyclic) bond motifs is 3. The van der Waals surface area contributed by atoms with Gasteiger partial charge in [0.15, 0.2) is 11.5 Å². The molecule has 234 valence electrons. The first kappa shape index (κ1) is 30.9. The largest absolute Gasteiger partial charge is 0.493 e. The van der Waals surface area contributed by atoms with E-state index < -0.39 is 0 Å². The molecule has 5 rings (SSSR count). The van der Waals surface area contributed by atoms with Crippen LogP contribution < -0.4 is 29.7 Å². The van der Waals surface area contributed by atoms with Gasteiger partial charge in [0.05, 0.1) is 40.6 Å². The van der Waals surface area contributed by atoms with Crippen molar-refractivity contribution < 1.29 is 28.5 Å². The molecule has 3 aliphatic rings. The maximum Gasteiger partial charge on any atom is 0.236 e. The molecule has 43 heavy (non-hydrogen) atoms. The van der Waals surface area contributed by atoms with Gasteiger partial charge in [-0.05, 0) is 73.4 Å². The molecule has 10 heteroatoms. The summed E-state index contributed by atoms with van der Waals surface area (Å²) < 4.78 is 22.5. The number of methoxy groups -OCH3 is 2. The Kier molecular flexibility index (Phi) is 11.0. The third kappa shape index (κ3) is 8.32. The molecule has 2 N–H and O–H groups in total. The van der Waals surface area contributed by atoms with Crippen LogP contribution in [-0.2, 0) is 27.3 Å². The predicted molar refractivity (Wildman–Crippen MR) is 165 cm³/mol. The smallest absolute Gasteiger partial charge is 0.236 e. The number of hydrogen-bond donors (Lipinski definition) is 2. The second-order valence-electron chi connectivity index (χ2n) is 11.6. The van der Waals surface area contributed by atoms with Crippen molar-refractivity contribution in [2.75, 3.05) is 78.2 Å². The molecule has 2 aromatic carbocycles. The average molecular weight is 595 g/mol. The minimum Gasteiger partial charge on any atom is -0.493 e. The highest BCUT2D eigenvalue weighted by Crippen LogP contribution is 2.32. The van der Waals surface area contributed by atoms with Crippen molar-refractivity contribution in [3.8, 4) is 17.2 Å². The van der Waals surface area contributed by atoms with Gasteiger partial charge >= 0.3 is 0 Å². The van der Waals surface area contributed by atoms with Crippen LogP contribution in [-0.4, -0.2) is 90.0 Å². The standard InChI is InChI=1S/C33H46N4O6/c1-40-30-7-5-24(18-31(30)41-2)9-11-35-32(38)20-25-10-12-37-23-26(25)4-3-15-43-29-8-6-28(36-13-16-42-17-14-36)19-27(29)21-34-22-33(37)39/h5-8,18-19,25-26,34H,3-4,9-17,20-23H2,1-2H3,(H,35,38)/t25-,26-/m0/s1. The molecule has 2 aromatic rings. The van der Waals surface area contributed by atoms with Crippen LogP contribution in [0.1, 0.15) is 36.8 Å². The Bertz CT molecular complexity index is 1230. The van der Waals surface area contributed by atoms with Gasteiger partial charge in [-0.2, -0.15) is 0 Å². The van der Waals surface area contributed by atoms with Gasteiger partial charge in [0.25, 0.3) is 0 Å². The van der Waals surface area contributed by atoms with Gasteiger partial charge in [-0.15, -0.1) is 0 Å². The van der Waals surface area contributed by atoms with Gasteiger partial charge in [-0.1, -0.05) is 6.07 Å². The van der Waals surface area contributed by atoms with Crippen molar-refractivity contribution in [1.82, 2.24) is 15.5 Å². The van der Waals surface area contributed by atoms with Gasteiger partial charge < -0.3 is 39.4 Å². The van der Waals surface area contributed by atoms with Crippen LogP contribution >= 0.6 is 0 Å². The van der Waals surface area contributed by atoms with Crippen LogP contribution in [0.2, 0.25) is 0 Å². The van der Waals surface area contributed by atoms with Crippen molar-refractivity contribution in [2.45, 2.75) is 38.6 Å². The molecule has 2 saturated heterocycles. The number of carbonyl (C=O) groups is 2. The fraction of sp³-hybridized carbons (Fsp3) is 0.576. The molecule has 0 aliphatic carbocycles. The minimum atomic E-state index is 0.0658. The van der Waals surface area contributed by atoms with E-state index in [2.05, 4.69) is 33.7 Å². The normalized spacial score (nSPS) is 21.4. The first-order valence-corrected chi connectivity index (χ1v) is 15.6. The lowest BCUT2D eigenvalue weighted by Crippen LogP contribution is -2.47. The molecule has 0 spiro atoms. The molecular weight excluding hydrogens is 548 g/mol. The van der Waals surface area contributed by atoms with Crippen molar-refractivity contribution in [1.29, 1.82) is 0 Å². The van der Waals surface area contributed by atoms with Gasteiger partial charge in [0.1, 0.15) is 5.75 Å². The number of nitrogens with one attached hydrogen (secondary N) is 2. The Morgan fingerprint density at radius 1 is 0.977 bits per heavy atom. The average Bonchev–Trinajstić information content (AvgIpc) is 3.05. The van der Waals surface area contributed by atoms with Crippen LogP contribution in [0.15, 0.2) is 36.4 Å². The monoisotopic (exact) mass is 594 g/mol. The van der Waals surface area contributed by atoms with E-state index in [1.165, 1.54) is 0 Å².